The average Bonchev–Trinajstić information content (AvgIpc) is 3.58. The lowest BCUT2D eigenvalue weighted by Gasteiger charge is -2.21. The molecule has 1 aliphatic carbocycles. The van der Waals surface area contributed by atoms with Crippen molar-refractivity contribution in [3.05, 3.63) is 163 Å². The fraction of sp³-hybridized carbons (Fsp3) is 0.0698. The van der Waals surface area contributed by atoms with Gasteiger partial charge in [0.2, 0.25) is 5.95 Å². The second-order valence-electron chi connectivity index (χ2n) is 12.7. The molecule has 0 N–H and O–H groups in total. The van der Waals surface area contributed by atoms with Gasteiger partial charge in [0.05, 0.1) is 22.4 Å². The summed E-state index contributed by atoms with van der Waals surface area (Å²) in [5.74, 6) is 0.672. The van der Waals surface area contributed by atoms with Crippen molar-refractivity contribution in [2.45, 2.75) is 19.3 Å². The molecule has 0 bridgehead atoms. The summed E-state index contributed by atoms with van der Waals surface area (Å²) in [5.41, 5.74) is 13.7. The molecule has 218 valence electrons. The van der Waals surface area contributed by atoms with Crippen molar-refractivity contribution >= 4 is 21.8 Å². The van der Waals surface area contributed by atoms with Gasteiger partial charge < -0.3 is 0 Å². The Morgan fingerprint density at radius 1 is 0.478 bits per heavy atom. The lowest BCUT2D eigenvalue weighted by molar-refractivity contribution is 0.661. The average molecular weight is 590 g/mol. The number of benzene rings is 6. The first-order valence-corrected chi connectivity index (χ1v) is 15.9. The van der Waals surface area contributed by atoms with Gasteiger partial charge in [0.15, 0.2) is 0 Å². The molecule has 0 spiro atoms. The van der Waals surface area contributed by atoms with Crippen LogP contribution in [-0.2, 0) is 5.41 Å². The van der Waals surface area contributed by atoms with E-state index in [-0.39, 0.29) is 5.41 Å². The minimum Gasteiger partial charge on any atom is -0.277 e. The van der Waals surface area contributed by atoms with E-state index in [4.69, 9.17) is 9.97 Å². The lowest BCUT2D eigenvalue weighted by atomic mass is 9.82. The van der Waals surface area contributed by atoms with E-state index in [0.29, 0.717) is 5.95 Å². The summed E-state index contributed by atoms with van der Waals surface area (Å²) in [4.78, 5) is 10.7. The van der Waals surface area contributed by atoms with E-state index < -0.39 is 0 Å². The van der Waals surface area contributed by atoms with Crippen molar-refractivity contribution in [2.75, 3.05) is 0 Å². The third kappa shape index (κ3) is 3.98. The maximum atomic E-state index is 5.34. The van der Waals surface area contributed by atoms with E-state index in [2.05, 4.69) is 164 Å². The van der Waals surface area contributed by atoms with Gasteiger partial charge in [-0.15, -0.1) is 0 Å². The molecule has 0 atom stereocenters. The summed E-state index contributed by atoms with van der Waals surface area (Å²) in [5, 5.41) is 2.41. The van der Waals surface area contributed by atoms with E-state index >= 15 is 0 Å². The Balaban J connectivity index is 1.34. The highest BCUT2D eigenvalue weighted by molar-refractivity contribution is 6.15. The summed E-state index contributed by atoms with van der Waals surface area (Å²) in [6, 6.07) is 53.9. The Morgan fingerprint density at radius 3 is 1.78 bits per heavy atom. The first-order chi connectivity index (χ1) is 22.6. The predicted molar refractivity (Wildman–Crippen MR) is 190 cm³/mol. The number of hydrogen-bond donors (Lipinski definition) is 0. The third-order valence-electron chi connectivity index (χ3n) is 9.65. The van der Waals surface area contributed by atoms with Crippen molar-refractivity contribution in [1.29, 1.82) is 0 Å². The largest absolute Gasteiger partial charge is 0.277 e. The summed E-state index contributed by atoms with van der Waals surface area (Å²) in [6.45, 7) is 4.67. The molecule has 0 saturated heterocycles. The van der Waals surface area contributed by atoms with Crippen LogP contribution in [0.15, 0.2) is 152 Å². The molecule has 2 heterocycles. The molecule has 0 aliphatic heterocycles. The third-order valence-corrected chi connectivity index (χ3v) is 9.65. The van der Waals surface area contributed by atoms with Crippen LogP contribution in [0.1, 0.15) is 25.0 Å². The highest BCUT2D eigenvalue weighted by Gasteiger charge is 2.37. The second kappa shape index (κ2) is 10.1. The Morgan fingerprint density at radius 2 is 1.04 bits per heavy atom. The zero-order valence-corrected chi connectivity index (χ0v) is 25.8. The smallest absolute Gasteiger partial charge is 0.235 e. The van der Waals surface area contributed by atoms with Crippen molar-refractivity contribution in [2.24, 2.45) is 0 Å². The molecule has 1 aliphatic rings. The van der Waals surface area contributed by atoms with E-state index in [1.807, 2.05) is 6.07 Å². The molecule has 9 rings (SSSR count). The molecular formula is C43H31N3. The van der Waals surface area contributed by atoms with Gasteiger partial charge in [0.1, 0.15) is 0 Å². The topological polar surface area (TPSA) is 30.7 Å². The molecule has 3 heteroatoms. The zero-order valence-electron chi connectivity index (χ0n) is 25.8. The standard InChI is InChI=1S/C43H31N3/c1-43(2)35-19-11-9-18-34(35)40-36(43)26-25-33-32-17-10-12-20-39(32)46(41(33)40)42-44-37(30-15-7-4-8-16-30)27-38(45-42)31-23-21-29(22-24-31)28-13-5-3-6-14-28/h3-27H,1-2H3. The summed E-state index contributed by atoms with van der Waals surface area (Å²) in [7, 11) is 0. The molecule has 3 nitrogen and oxygen atoms in total. The molecule has 8 aromatic rings. The minimum atomic E-state index is -0.111. The monoisotopic (exact) mass is 589 g/mol. The van der Waals surface area contributed by atoms with Crippen LogP contribution in [0, 0.1) is 0 Å². The first-order valence-electron chi connectivity index (χ1n) is 15.9. The summed E-state index contributed by atoms with van der Waals surface area (Å²) >= 11 is 0. The van der Waals surface area contributed by atoms with Gasteiger partial charge >= 0.3 is 0 Å². The number of aromatic nitrogens is 3. The number of hydrogen-bond acceptors (Lipinski definition) is 2. The van der Waals surface area contributed by atoms with Gasteiger partial charge in [0, 0.05) is 32.9 Å². The quantitative estimate of drug-likeness (QED) is 0.204. The van der Waals surface area contributed by atoms with E-state index in [1.165, 1.54) is 44.2 Å². The van der Waals surface area contributed by atoms with Crippen LogP contribution in [0.2, 0.25) is 0 Å². The van der Waals surface area contributed by atoms with E-state index in [0.717, 1.165) is 33.5 Å². The molecule has 6 aromatic carbocycles. The number of nitrogens with zero attached hydrogens (tertiary/aromatic N) is 3. The van der Waals surface area contributed by atoms with Crippen LogP contribution in [0.25, 0.3) is 72.5 Å². The van der Waals surface area contributed by atoms with Crippen molar-refractivity contribution in [3.8, 4) is 50.7 Å². The molecule has 0 fully saturated rings. The zero-order chi connectivity index (χ0) is 30.8. The SMILES string of the molecule is CC1(C)c2ccccc2-c2c1ccc1c3ccccc3n(-c3nc(-c4ccccc4)cc(-c4ccc(-c5ccccc5)cc4)n3)c21. The van der Waals surface area contributed by atoms with Crippen LogP contribution in [-0.4, -0.2) is 14.5 Å². The summed E-state index contributed by atoms with van der Waals surface area (Å²) < 4.78 is 2.30. The number of rotatable bonds is 4. The Kier molecular flexibility index (Phi) is 5.85. The Labute approximate surface area is 268 Å². The van der Waals surface area contributed by atoms with Gasteiger partial charge in [-0.05, 0) is 39.9 Å². The Hall–Kier alpha value is -5.80. The van der Waals surface area contributed by atoms with Crippen LogP contribution < -0.4 is 0 Å². The molecule has 0 unspecified atom stereocenters. The second-order valence-corrected chi connectivity index (χ2v) is 12.7. The van der Waals surface area contributed by atoms with Gasteiger partial charge in [-0.3, -0.25) is 4.57 Å². The van der Waals surface area contributed by atoms with Crippen molar-refractivity contribution in [1.82, 2.24) is 14.5 Å². The van der Waals surface area contributed by atoms with Crippen LogP contribution in [0.5, 0.6) is 0 Å². The normalized spacial score (nSPS) is 13.2. The van der Waals surface area contributed by atoms with Crippen molar-refractivity contribution in [3.63, 3.8) is 0 Å². The van der Waals surface area contributed by atoms with Gasteiger partial charge in [-0.2, -0.15) is 0 Å². The van der Waals surface area contributed by atoms with Crippen LogP contribution >= 0.6 is 0 Å². The molecule has 0 radical (unpaired) electrons. The minimum absolute atomic E-state index is 0.111. The fourth-order valence-electron chi connectivity index (χ4n) is 7.35. The molecule has 0 saturated carbocycles. The maximum absolute atomic E-state index is 5.34. The summed E-state index contributed by atoms with van der Waals surface area (Å²) in [6.07, 6.45) is 0. The molecule has 0 amide bonds. The van der Waals surface area contributed by atoms with Crippen LogP contribution in [0.4, 0.5) is 0 Å². The highest BCUT2D eigenvalue weighted by Crippen LogP contribution is 2.52. The highest BCUT2D eigenvalue weighted by atomic mass is 15.2. The Bertz CT molecular complexity index is 2420. The van der Waals surface area contributed by atoms with E-state index in [1.54, 1.807) is 0 Å². The van der Waals surface area contributed by atoms with Crippen LogP contribution in [0.3, 0.4) is 0 Å². The molecular weight excluding hydrogens is 558 g/mol. The number of para-hydroxylation sites is 1. The van der Waals surface area contributed by atoms with Gasteiger partial charge in [0.25, 0.3) is 0 Å². The maximum Gasteiger partial charge on any atom is 0.235 e. The van der Waals surface area contributed by atoms with Gasteiger partial charge in [-0.25, -0.2) is 9.97 Å². The predicted octanol–water partition coefficient (Wildman–Crippen LogP) is 10.9. The van der Waals surface area contributed by atoms with Gasteiger partial charge in [-0.1, -0.05) is 153 Å². The molecule has 2 aromatic heterocycles. The fourth-order valence-corrected chi connectivity index (χ4v) is 7.35. The lowest BCUT2D eigenvalue weighted by Crippen LogP contribution is -2.14. The number of fused-ring (bicyclic) bond motifs is 7. The molecule has 46 heavy (non-hydrogen) atoms. The van der Waals surface area contributed by atoms with E-state index in [9.17, 15) is 0 Å². The first kappa shape index (κ1) is 26.6. The van der Waals surface area contributed by atoms with Crippen molar-refractivity contribution < 1.29 is 0 Å².